The molecule has 4 heterocycles. The summed E-state index contributed by atoms with van der Waals surface area (Å²) >= 11 is 0.918. The molecule has 1 aromatic carbocycles. The summed E-state index contributed by atoms with van der Waals surface area (Å²) in [6.07, 6.45) is -8.51. The van der Waals surface area contributed by atoms with Gasteiger partial charge in [0.05, 0.1) is 29.4 Å². The molecule has 0 atom stereocenters. The maximum atomic E-state index is 13.2. The Morgan fingerprint density at radius 2 is 1.53 bits per heavy atom. The van der Waals surface area contributed by atoms with Crippen molar-refractivity contribution >= 4 is 41.0 Å². The van der Waals surface area contributed by atoms with Gasteiger partial charge in [0.1, 0.15) is 12.4 Å². The molecule has 0 spiro atoms. The first-order valence-electron chi connectivity index (χ1n) is 14.5. The predicted molar refractivity (Wildman–Crippen MR) is 160 cm³/mol. The van der Waals surface area contributed by atoms with E-state index in [1.807, 2.05) is 11.9 Å². The van der Waals surface area contributed by atoms with E-state index < -0.39 is 35.2 Å². The van der Waals surface area contributed by atoms with Crippen molar-refractivity contribution in [3.05, 3.63) is 53.2 Å². The molecule has 0 radical (unpaired) electrons. The Balaban J connectivity index is 1.13. The minimum Gasteiger partial charge on any atom is -0.470 e. The Hall–Kier alpha value is -4.23. The molecule has 2 aliphatic heterocycles. The quantitative estimate of drug-likeness (QED) is 0.338. The van der Waals surface area contributed by atoms with Crippen molar-refractivity contribution < 1.29 is 40.7 Å². The summed E-state index contributed by atoms with van der Waals surface area (Å²) in [6.45, 7) is 4.50. The molecule has 0 saturated carbocycles. The van der Waals surface area contributed by atoms with Crippen molar-refractivity contribution in [2.24, 2.45) is 0 Å². The molecule has 254 valence electrons. The monoisotopic (exact) mass is 687 g/mol. The smallest absolute Gasteiger partial charge is 0.416 e. The summed E-state index contributed by atoms with van der Waals surface area (Å²) in [4.78, 5) is 36.9. The van der Waals surface area contributed by atoms with Crippen molar-refractivity contribution in [3.63, 3.8) is 0 Å². The first-order chi connectivity index (χ1) is 22.2. The fourth-order valence-electron chi connectivity index (χ4n) is 4.99. The Morgan fingerprint density at radius 1 is 0.872 bits per heavy atom. The lowest BCUT2D eigenvalue weighted by atomic mass is 10.1. The molecule has 47 heavy (non-hydrogen) atoms. The van der Waals surface area contributed by atoms with Crippen LogP contribution in [0.3, 0.4) is 0 Å². The topological polar surface area (TPSA) is 119 Å². The van der Waals surface area contributed by atoms with E-state index in [2.05, 4.69) is 34.2 Å². The summed E-state index contributed by atoms with van der Waals surface area (Å²) < 4.78 is 93.6. The lowest BCUT2D eigenvalue weighted by molar-refractivity contribution is -0.143. The largest absolute Gasteiger partial charge is 0.470 e. The van der Waals surface area contributed by atoms with E-state index >= 15 is 0 Å². The molecule has 2 aromatic heterocycles. The number of hydrogen-bond donors (Lipinski definition) is 2. The highest BCUT2D eigenvalue weighted by Gasteiger charge is 2.37. The van der Waals surface area contributed by atoms with Gasteiger partial charge in [-0.1, -0.05) is 0 Å². The number of nitrogens with zero attached hydrogens (tertiary/aromatic N) is 7. The third-order valence-electron chi connectivity index (χ3n) is 7.58. The number of ether oxygens (including phenoxy) is 1. The van der Waals surface area contributed by atoms with Gasteiger partial charge in [-0.3, -0.25) is 9.69 Å². The van der Waals surface area contributed by atoms with Crippen LogP contribution in [0.2, 0.25) is 0 Å². The van der Waals surface area contributed by atoms with Crippen LogP contribution in [-0.2, 0) is 23.8 Å². The number of carbonyl (C=O) groups is 2. The highest BCUT2D eigenvalue weighted by Crippen LogP contribution is 2.37. The fraction of sp³-hybridized carbons (Fsp3) is 0.464. The number of benzene rings is 1. The van der Waals surface area contributed by atoms with E-state index in [4.69, 9.17) is 4.74 Å². The number of carbonyl (C=O) groups excluding carboxylic acids is 2. The number of rotatable bonds is 8. The molecule has 19 heteroatoms. The summed E-state index contributed by atoms with van der Waals surface area (Å²) in [6, 6.07) is 3.51. The molecule has 2 aliphatic rings. The second-order valence-corrected chi connectivity index (χ2v) is 11.6. The van der Waals surface area contributed by atoms with Gasteiger partial charge in [-0.15, -0.1) is 4.37 Å². The van der Waals surface area contributed by atoms with Crippen LogP contribution in [0, 0.1) is 0 Å². The number of halogens is 6. The van der Waals surface area contributed by atoms with Crippen LogP contribution in [-0.4, -0.2) is 106 Å². The molecule has 0 aliphatic carbocycles. The number of anilines is 3. The molecule has 3 amide bonds. The van der Waals surface area contributed by atoms with Crippen molar-refractivity contribution in [3.8, 4) is 5.88 Å². The zero-order chi connectivity index (χ0) is 33.8. The van der Waals surface area contributed by atoms with Crippen LogP contribution in [0.15, 0.2) is 36.5 Å². The maximum absolute atomic E-state index is 13.2. The molecule has 2 saturated heterocycles. The lowest BCUT2D eigenvalue weighted by Crippen LogP contribution is -2.50. The molecule has 0 bridgehead atoms. The predicted octanol–water partition coefficient (Wildman–Crippen LogP) is 4.09. The highest BCUT2D eigenvalue weighted by atomic mass is 32.1. The summed E-state index contributed by atoms with van der Waals surface area (Å²) in [7, 11) is 2.04. The molecular formula is C28H31F6N9O3S. The van der Waals surface area contributed by atoms with E-state index in [-0.39, 0.29) is 57.2 Å². The summed E-state index contributed by atoms with van der Waals surface area (Å²) in [5, 5.41) is 4.97. The van der Waals surface area contributed by atoms with E-state index in [9.17, 15) is 35.9 Å². The summed E-state index contributed by atoms with van der Waals surface area (Å²) in [5.41, 5.74) is -2.94. The number of likely N-dealkylation sites (N-methyl/N-ethyl adjacent to an activating group) is 1. The van der Waals surface area contributed by atoms with Gasteiger partial charge >= 0.3 is 18.4 Å². The lowest BCUT2D eigenvalue weighted by Gasteiger charge is -2.34. The van der Waals surface area contributed by atoms with Gasteiger partial charge in [0, 0.05) is 64.2 Å². The van der Waals surface area contributed by atoms with E-state index in [1.54, 1.807) is 18.3 Å². The second-order valence-electron chi connectivity index (χ2n) is 11.1. The second kappa shape index (κ2) is 14.3. The van der Waals surface area contributed by atoms with Crippen LogP contribution < -0.4 is 20.3 Å². The standard InChI is InChI=1S/C28H31F6N9O3S/c1-40-4-6-41(7-5-40)16-23(44)37-22-12-18(2-3-35-22)17-46-25-24(38-47-39-25)42-8-10-43(11-9-42)26(45)36-21-14-19(27(29,30)31)13-20(15-21)28(32,33)34/h2-3,12-15H,4-11,16-17H2,1H3,(H,36,45)(H,35,37,44). The SMILES string of the molecule is CN1CCN(CC(=O)Nc2cc(COc3nsnc3N3CCN(C(=O)Nc4cc(C(F)(F)F)cc(C(F)(F)F)c4)CC3)ccn2)CC1. The van der Waals surface area contributed by atoms with Crippen molar-refractivity contribution in [2.45, 2.75) is 19.0 Å². The number of aromatic nitrogens is 3. The highest BCUT2D eigenvalue weighted by molar-refractivity contribution is 6.99. The average molecular weight is 688 g/mol. The first-order valence-corrected chi connectivity index (χ1v) is 15.2. The Kier molecular flexibility index (Phi) is 10.4. The van der Waals surface area contributed by atoms with Crippen molar-refractivity contribution in [2.75, 3.05) is 81.5 Å². The Morgan fingerprint density at radius 3 is 2.17 bits per heavy atom. The van der Waals surface area contributed by atoms with Gasteiger partial charge in [-0.2, -0.15) is 30.7 Å². The van der Waals surface area contributed by atoms with Gasteiger partial charge in [0.25, 0.3) is 5.88 Å². The Labute approximate surface area is 269 Å². The minimum absolute atomic E-state index is 0.00214. The number of nitrogens with one attached hydrogen (secondary N) is 2. The van der Waals surface area contributed by atoms with Crippen molar-refractivity contribution in [1.82, 2.24) is 28.4 Å². The third kappa shape index (κ3) is 9.19. The minimum atomic E-state index is -5.03. The molecule has 5 rings (SSSR count). The molecule has 2 fully saturated rings. The molecule has 0 unspecified atom stereocenters. The third-order valence-corrected chi connectivity index (χ3v) is 8.08. The van der Waals surface area contributed by atoms with E-state index in [1.165, 1.54) is 4.90 Å². The maximum Gasteiger partial charge on any atom is 0.416 e. The van der Waals surface area contributed by atoms with Crippen molar-refractivity contribution in [1.29, 1.82) is 0 Å². The number of pyridine rings is 1. The molecule has 2 N–H and O–H groups in total. The molecule has 12 nitrogen and oxygen atoms in total. The van der Waals surface area contributed by atoms with Crippen LogP contribution >= 0.6 is 11.7 Å². The summed E-state index contributed by atoms with van der Waals surface area (Å²) in [5.74, 6) is 0.891. The number of hydrogen-bond acceptors (Lipinski definition) is 10. The van der Waals surface area contributed by atoms with Crippen LogP contribution in [0.25, 0.3) is 0 Å². The van der Waals surface area contributed by atoms with Gasteiger partial charge < -0.3 is 30.1 Å². The van der Waals surface area contributed by atoms with Gasteiger partial charge in [0.2, 0.25) is 11.7 Å². The van der Waals surface area contributed by atoms with Gasteiger partial charge in [-0.25, -0.2) is 9.78 Å². The zero-order valence-electron chi connectivity index (χ0n) is 25.1. The van der Waals surface area contributed by atoms with Crippen LogP contribution in [0.4, 0.5) is 48.5 Å². The van der Waals surface area contributed by atoms with E-state index in [0.717, 1.165) is 43.5 Å². The Bertz CT molecular complexity index is 1520. The number of alkyl halides is 6. The number of amides is 3. The number of urea groups is 1. The average Bonchev–Trinajstić information content (AvgIpc) is 3.49. The normalized spacial score (nSPS) is 16.7. The van der Waals surface area contributed by atoms with Gasteiger partial charge in [-0.05, 0) is 42.9 Å². The first kappa shape index (κ1) is 34.1. The van der Waals surface area contributed by atoms with Gasteiger partial charge in [0.15, 0.2) is 0 Å². The number of piperazine rings is 2. The van der Waals surface area contributed by atoms with E-state index in [0.29, 0.717) is 23.8 Å². The fourth-order valence-corrected chi connectivity index (χ4v) is 5.51. The zero-order valence-corrected chi connectivity index (χ0v) is 25.9. The van der Waals surface area contributed by atoms with Crippen LogP contribution in [0.1, 0.15) is 16.7 Å². The molecular weight excluding hydrogens is 656 g/mol. The molecule has 3 aromatic rings. The van der Waals surface area contributed by atoms with Crippen LogP contribution in [0.5, 0.6) is 5.88 Å².